The number of aromatic nitrogens is 10. The van der Waals surface area contributed by atoms with Crippen molar-refractivity contribution in [2.24, 2.45) is 10.8 Å². The molecule has 71 heavy (non-hydrogen) atoms. The Morgan fingerprint density at radius 1 is 0.577 bits per heavy atom. The molecule has 2 aliphatic carbocycles. The molecule has 0 amide bonds. The molecule has 0 aromatic carbocycles. The number of pyridine rings is 4. The topological polar surface area (TPSA) is 197 Å². The minimum Gasteiger partial charge on any atom is -0.479 e. The molecule has 0 unspecified atom stereocenters. The molecule has 0 spiro atoms. The number of hydrogen-bond acceptors (Lipinski definition) is 15. The SMILES string of the molecule is CC1(C)CCC(n2c3nc(Nc4ccc(N5CCNCC5)cn4)ncc3c3cc[nH]c(=O)c32)CC1.COc1nccc2c3cnc(Nc4ccc(N5CCNCC5)cn4)nc3n(C3CCC(C)(C)CC3)c12. The van der Waals surface area contributed by atoms with Crippen molar-refractivity contribution >= 4 is 78.8 Å². The highest BCUT2D eigenvalue weighted by Gasteiger charge is 2.33. The number of hydrogen-bond donors (Lipinski definition) is 5. The van der Waals surface area contributed by atoms with Crippen molar-refractivity contribution in [3.05, 3.63) is 83.9 Å². The average molecular weight is 959 g/mol. The highest BCUT2D eigenvalue weighted by molar-refractivity contribution is 6.08. The van der Waals surface area contributed by atoms with Crippen LogP contribution in [0.1, 0.15) is 91.1 Å². The molecule has 5 N–H and O–H groups in total. The molecular weight excluding hydrogens is 893 g/mol. The summed E-state index contributed by atoms with van der Waals surface area (Å²) in [5.74, 6) is 3.08. The number of anilines is 6. The van der Waals surface area contributed by atoms with Gasteiger partial charge in [-0.05, 0) is 98.6 Å². The Morgan fingerprint density at radius 3 is 1.52 bits per heavy atom. The van der Waals surface area contributed by atoms with Gasteiger partial charge in [0.15, 0.2) is 0 Å². The van der Waals surface area contributed by atoms with Crippen molar-refractivity contribution < 1.29 is 4.74 Å². The van der Waals surface area contributed by atoms with E-state index in [4.69, 9.17) is 14.7 Å². The van der Waals surface area contributed by atoms with Crippen LogP contribution in [-0.2, 0) is 0 Å². The van der Waals surface area contributed by atoms with Gasteiger partial charge in [-0.1, -0.05) is 27.7 Å². The molecule has 4 aliphatic rings. The quantitative estimate of drug-likeness (QED) is 0.0921. The molecule has 2 saturated heterocycles. The monoisotopic (exact) mass is 959 g/mol. The molecule has 8 aromatic heterocycles. The van der Waals surface area contributed by atoms with Crippen molar-refractivity contribution in [2.45, 2.75) is 91.1 Å². The molecule has 4 fully saturated rings. The largest absolute Gasteiger partial charge is 0.479 e. The zero-order chi connectivity index (χ0) is 48.7. The van der Waals surface area contributed by atoms with E-state index in [1.807, 2.05) is 49.1 Å². The van der Waals surface area contributed by atoms with Gasteiger partial charge in [0.25, 0.3) is 5.56 Å². The summed E-state index contributed by atoms with van der Waals surface area (Å²) in [7, 11) is 1.68. The lowest BCUT2D eigenvalue weighted by atomic mass is 9.75. The maximum Gasteiger partial charge on any atom is 0.272 e. The lowest BCUT2D eigenvalue weighted by molar-refractivity contribution is 0.197. The Bertz CT molecular complexity index is 3200. The molecule has 10 heterocycles. The number of aromatic amines is 1. The third kappa shape index (κ3) is 9.54. The number of nitrogens with one attached hydrogen (secondary N) is 5. The lowest BCUT2D eigenvalue weighted by Crippen LogP contribution is -2.43. The van der Waals surface area contributed by atoms with Gasteiger partial charge < -0.3 is 49.9 Å². The van der Waals surface area contributed by atoms with E-state index in [2.05, 4.69) is 110 Å². The van der Waals surface area contributed by atoms with E-state index >= 15 is 0 Å². The van der Waals surface area contributed by atoms with Crippen molar-refractivity contribution in [1.82, 2.24) is 59.6 Å². The summed E-state index contributed by atoms with van der Waals surface area (Å²) >= 11 is 0. The van der Waals surface area contributed by atoms with E-state index in [0.29, 0.717) is 46.0 Å². The summed E-state index contributed by atoms with van der Waals surface area (Å²) in [5.41, 5.74) is 6.30. The second-order valence-corrected chi connectivity index (χ2v) is 21.2. The molecular formula is C53H66N16O2. The van der Waals surface area contributed by atoms with Crippen LogP contribution in [0.25, 0.3) is 43.9 Å². The van der Waals surface area contributed by atoms with Crippen molar-refractivity contribution in [1.29, 1.82) is 0 Å². The third-order valence-electron chi connectivity index (χ3n) is 15.4. The minimum atomic E-state index is -0.0787. The van der Waals surface area contributed by atoms with Gasteiger partial charge in [-0.2, -0.15) is 9.97 Å². The number of rotatable bonds is 9. The summed E-state index contributed by atoms with van der Waals surface area (Å²) in [6.45, 7) is 17.3. The van der Waals surface area contributed by atoms with Crippen LogP contribution in [0.3, 0.4) is 0 Å². The fourth-order valence-electron chi connectivity index (χ4n) is 11.2. The number of H-pyrrole nitrogens is 1. The van der Waals surface area contributed by atoms with Crippen LogP contribution in [-0.4, -0.2) is 108 Å². The van der Waals surface area contributed by atoms with Crippen LogP contribution in [0.2, 0.25) is 0 Å². The Hall–Kier alpha value is -6.92. The van der Waals surface area contributed by atoms with Crippen LogP contribution in [0.15, 0.2) is 78.4 Å². The zero-order valence-electron chi connectivity index (χ0n) is 41.6. The van der Waals surface area contributed by atoms with Crippen molar-refractivity contribution in [2.75, 3.05) is 79.9 Å². The second-order valence-electron chi connectivity index (χ2n) is 21.2. The average Bonchev–Trinajstić information content (AvgIpc) is 3.91. The van der Waals surface area contributed by atoms with Crippen LogP contribution in [0.5, 0.6) is 5.88 Å². The summed E-state index contributed by atoms with van der Waals surface area (Å²) in [6, 6.07) is 12.7. The Kier molecular flexibility index (Phi) is 12.7. The molecule has 18 heteroatoms. The van der Waals surface area contributed by atoms with Gasteiger partial charge in [0.1, 0.15) is 34.0 Å². The van der Waals surface area contributed by atoms with Crippen LogP contribution < -0.4 is 41.4 Å². The number of ether oxygens (including phenoxy) is 1. The lowest BCUT2D eigenvalue weighted by Gasteiger charge is -2.35. The maximum absolute atomic E-state index is 12.9. The number of piperazine rings is 2. The molecule has 0 radical (unpaired) electrons. The second kappa shape index (κ2) is 19.4. The number of fused-ring (bicyclic) bond motifs is 6. The van der Waals surface area contributed by atoms with Crippen molar-refractivity contribution in [3.63, 3.8) is 0 Å². The van der Waals surface area contributed by atoms with E-state index in [0.717, 1.165) is 146 Å². The Morgan fingerprint density at radius 2 is 1.06 bits per heavy atom. The van der Waals surface area contributed by atoms with Gasteiger partial charge in [0.2, 0.25) is 17.8 Å². The van der Waals surface area contributed by atoms with Gasteiger partial charge in [0.05, 0.1) is 30.9 Å². The Balaban J connectivity index is 0.000000154. The molecule has 0 atom stereocenters. The first-order valence-electron chi connectivity index (χ1n) is 25.5. The van der Waals surface area contributed by atoms with Crippen LogP contribution in [0.4, 0.5) is 34.9 Å². The number of nitrogens with zero attached hydrogens (tertiary/aromatic N) is 11. The van der Waals surface area contributed by atoms with E-state index in [9.17, 15) is 4.79 Å². The highest BCUT2D eigenvalue weighted by Crippen LogP contribution is 2.45. The minimum absolute atomic E-state index is 0.0787. The van der Waals surface area contributed by atoms with E-state index in [-0.39, 0.29) is 11.6 Å². The standard InChI is InChI=1S/C27H34N8O.C26H32N8O/c1-27(2)9-6-18(7-10-27)35-23-20(8-11-29-25(23)36-3)21-17-31-26(33-24(21)35)32-22-5-4-19(16-30-22)34-14-12-28-13-15-34;1-26(2)8-5-17(6-9-26)34-22-19(7-10-28-24(22)35)20-16-30-25(32-23(20)34)31-21-4-3-18(15-29-21)33-13-11-27-12-14-33/h4-5,8,11,16-18,28H,6-7,9-10,12-15H2,1-3H3,(H,30,31,32,33);3-4,7,10,15-17,27H,5-6,8-9,11-14H2,1-2H3,(H,28,35)(H,29,30,31,32). The van der Waals surface area contributed by atoms with Gasteiger partial charge in [-0.3, -0.25) is 4.79 Å². The van der Waals surface area contributed by atoms with Gasteiger partial charge >= 0.3 is 0 Å². The predicted molar refractivity (Wildman–Crippen MR) is 283 cm³/mol. The van der Waals surface area contributed by atoms with E-state index < -0.39 is 0 Å². The zero-order valence-corrected chi connectivity index (χ0v) is 41.6. The summed E-state index contributed by atoms with van der Waals surface area (Å²) < 4.78 is 10.2. The molecule has 2 saturated carbocycles. The smallest absolute Gasteiger partial charge is 0.272 e. The molecule has 0 bridgehead atoms. The first-order valence-corrected chi connectivity index (χ1v) is 25.5. The Labute approximate surface area is 413 Å². The molecule has 12 rings (SSSR count). The molecule has 2 aliphatic heterocycles. The van der Waals surface area contributed by atoms with Gasteiger partial charge in [0, 0.05) is 111 Å². The highest BCUT2D eigenvalue weighted by atomic mass is 16.5. The number of methoxy groups -OCH3 is 1. The maximum atomic E-state index is 12.9. The normalized spacial score (nSPS) is 18.7. The van der Waals surface area contributed by atoms with Crippen molar-refractivity contribution in [3.8, 4) is 5.88 Å². The summed E-state index contributed by atoms with van der Waals surface area (Å²) in [5, 5.41) is 17.2. The fourth-order valence-corrected chi connectivity index (χ4v) is 11.2. The van der Waals surface area contributed by atoms with E-state index in [1.165, 1.54) is 12.8 Å². The molecule has 18 nitrogen and oxygen atoms in total. The predicted octanol–water partition coefficient (Wildman–Crippen LogP) is 8.64. The van der Waals surface area contributed by atoms with Crippen LogP contribution >= 0.6 is 0 Å². The van der Waals surface area contributed by atoms with Gasteiger partial charge in [-0.25, -0.2) is 24.9 Å². The third-order valence-corrected chi connectivity index (χ3v) is 15.4. The first kappa shape index (κ1) is 46.5. The van der Waals surface area contributed by atoms with E-state index in [1.54, 1.807) is 19.5 Å². The van der Waals surface area contributed by atoms with Crippen LogP contribution in [0, 0.1) is 10.8 Å². The summed E-state index contributed by atoms with van der Waals surface area (Å²) in [4.78, 5) is 53.3. The van der Waals surface area contributed by atoms with Gasteiger partial charge in [-0.15, -0.1) is 0 Å². The fraction of sp³-hybridized carbons (Fsp3) is 0.472. The molecule has 8 aromatic rings. The first-order chi connectivity index (χ1) is 34.5. The molecule has 370 valence electrons. The summed E-state index contributed by atoms with van der Waals surface area (Å²) in [6.07, 6.45) is 19.9.